The van der Waals surface area contributed by atoms with E-state index in [1.807, 2.05) is 14.0 Å². The molecule has 1 aromatic heterocycles. The third-order valence-electron chi connectivity index (χ3n) is 2.86. The van der Waals surface area contributed by atoms with E-state index in [0.29, 0.717) is 12.8 Å². The average molecular weight is 207 g/mol. The zero-order chi connectivity index (χ0) is 11.0. The lowest BCUT2D eigenvalue weighted by Gasteiger charge is -2.20. The lowest BCUT2D eigenvalue weighted by Crippen LogP contribution is -2.37. The second kappa shape index (κ2) is 3.49. The normalized spacial score (nSPS) is 18.0. The highest BCUT2D eigenvalue weighted by molar-refractivity contribution is 5.98. The zero-order valence-electron chi connectivity index (χ0n) is 8.78. The number of hydrogen-bond donors (Lipinski definition) is 1. The maximum absolute atomic E-state index is 11.2. The van der Waals surface area contributed by atoms with E-state index in [1.54, 1.807) is 10.9 Å². The monoisotopic (exact) mass is 207 g/mol. The van der Waals surface area contributed by atoms with Crippen molar-refractivity contribution in [3.63, 3.8) is 0 Å². The van der Waals surface area contributed by atoms with Crippen molar-refractivity contribution in [3.05, 3.63) is 17.5 Å². The minimum Gasteiger partial charge on any atom is -0.296 e. The third kappa shape index (κ3) is 1.77. The first-order valence-electron chi connectivity index (χ1n) is 4.89. The van der Waals surface area contributed by atoms with Crippen molar-refractivity contribution < 1.29 is 9.59 Å². The molecule has 0 spiro atoms. The Balaban J connectivity index is 2.27. The zero-order valence-corrected chi connectivity index (χ0v) is 8.78. The highest BCUT2D eigenvalue weighted by atomic mass is 16.2. The van der Waals surface area contributed by atoms with Gasteiger partial charge in [-0.1, -0.05) is 0 Å². The van der Waals surface area contributed by atoms with E-state index >= 15 is 0 Å². The highest BCUT2D eigenvalue weighted by Crippen LogP contribution is 2.27. The van der Waals surface area contributed by atoms with E-state index in [2.05, 4.69) is 10.4 Å². The van der Waals surface area contributed by atoms with Gasteiger partial charge < -0.3 is 0 Å². The molecular weight excluding hydrogens is 194 g/mol. The molecule has 80 valence electrons. The summed E-state index contributed by atoms with van der Waals surface area (Å²) in [5, 5.41) is 6.42. The van der Waals surface area contributed by atoms with Crippen LogP contribution in [0, 0.1) is 6.92 Å². The van der Waals surface area contributed by atoms with Crippen LogP contribution in [-0.2, 0) is 16.6 Å². The molecule has 0 aromatic carbocycles. The number of imide groups is 1. The molecule has 0 atom stereocenters. The standard InChI is InChI=1S/C10H13N3O2/c1-6-8(5-11-13(6)2)7-3-9(14)12-10(15)4-7/h5,7H,3-4H2,1-2H3,(H,12,14,15). The van der Waals surface area contributed by atoms with E-state index in [4.69, 9.17) is 0 Å². The van der Waals surface area contributed by atoms with Crippen LogP contribution in [0.4, 0.5) is 0 Å². The molecule has 1 aliphatic heterocycles. The van der Waals surface area contributed by atoms with Crippen molar-refractivity contribution in [1.29, 1.82) is 0 Å². The summed E-state index contributed by atoms with van der Waals surface area (Å²) in [5.41, 5.74) is 2.02. The molecule has 1 aliphatic rings. The molecule has 1 aromatic rings. The third-order valence-corrected chi connectivity index (χ3v) is 2.86. The molecule has 5 heteroatoms. The van der Waals surface area contributed by atoms with Crippen molar-refractivity contribution >= 4 is 11.8 Å². The Bertz CT molecular complexity index is 406. The number of piperidine rings is 1. The van der Waals surface area contributed by atoms with Gasteiger partial charge >= 0.3 is 0 Å². The number of nitrogens with zero attached hydrogens (tertiary/aromatic N) is 2. The number of rotatable bonds is 1. The van der Waals surface area contributed by atoms with Gasteiger partial charge in [0.05, 0.1) is 6.20 Å². The second-order valence-corrected chi connectivity index (χ2v) is 3.89. The molecule has 2 amide bonds. The predicted octanol–water partition coefficient (Wildman–Crippen LogP) is 0.249. The summed E-state index contributed by atoms with van der Waals surface area (Å²) in [4.78, 5) is 22.4. The molecule has 1 N–H and O–H groups in total. The summed E-state index contributed by atoms with van der Waals surface area (Å²) in [6.45, 7) is 1.94. The van der Waals surface area contributed by atoms with Gasteiger partial charge in [-0.15, -0.1) is 0 Å². The van der Waals surface area contributed by atoms with Gasteiger partial charge in [-0.3, -0.25) is 19.6 Å². The molecule has 0 bridgehead atoms. The number of carbonyl (C=O) groups is 2. The van der Waals surface area contributed by atoms with E-state index in [1.165, 1.54) is 0 Å². The first-order valence-corrected chi connectivity index (χ1v) is 4.89. The smallest absolute Gasteiger partial charge is 0.227 e. The number of aromatic nitrogens is 2. The molecule has 0 aliphatic carbocycles. The van der Waals surface area contributed by atoms with E-state index in [-0.39, 0.29) is 17.7 Å². The fourth-order valence-corrected chi connectivity index (χ4v) is 1.91. The van der Waals surface area contributed by atoms with Crippen LogP contribution in [0.5, 0.6) is 0 Å². The van der Waals surface area contributed by atoms with Gasteiger partial charge in [0.1, 0.15) is 0 Å². The Labute approximate surface area is 87.5 Å². The molecule has 1 fully saturated rings. The molecule has 2 rings (SSSR count). The van der Waals surface area contributed by atoms with Gasteiger partial charge in [-0.2, -0.15) is 5.10 Å². The topological polar surface area (TPSA) is 64.0 Å². The molecule has 2 heterocycles. The Morgan fingerprint density at radius 3 is 2.47 bits per heavy atom. The Morgan fingerprint density at radius 2 is 2.00 bits per heavy atom. The Morgan fingerprint density at radius 1 is 1.40 bits per heavy atom. The van der Waals surface area contributed by atoms with Crippen molar-refractivity contribution in [2.45, 2.75) is 25.7 Å². The summed E-state index contributed by atoms with van der Waals surface area (Å²) < 4.78 is 1.76. The number of nitrogens with one attached hydrogen (secondary N) is 1. The van der Waals surface area contributed by atoms with Crippen LogP contribution in [0.25, 0.3) is 0 Å². The lowest BCUT2D eigenvalue weighted by molar-refractivity contribution is -0.133. The first-order chi connectivity index (χ1) is 7.08. The molecule has 15 heavy (non-hydrogen) atoms. The molecule has 5 nitrogen and oxygen atoms in total. The molecular formula is C10H13N3O2. The minimum atomic E-state index is -0.195. The summed E-state index contributed by atoms with van der Waals surface area (Å²) in [6.07, 6.45) is 2.49. The fourth-order valence-electron chi connectivity index (χ4n) is 1.91. The number of carbonyl (C=O) groups excluding carboxylic acids is 2. The van der Waals surface area contributed by atoms with Crippen LogP contribution in [-0.4, -0.2) is 21.6 Å². The van der Waals surface area contributed by atoms with Crippen LogP contribution < -0.4 is 5.32 Å². The Kier molecular flexibility index (Phi) is 2.30. The summed E-state index contributed by atoms with van der Waals surface area (Å²) in [5.74, 6) is -0.404. The van der Waals surface area contributed by atoms with Crippen LogP contribution in [0.15, 0.2) is 6.20 Å². The van der Waals surface area contributed by atoms with Gasteiger partial charge in [0.2, 0.25) is 11.8 Å². The molecule has 0 radical (unpaired) electrons. The van der Waals surface area contributed by atoms with Crippen molar-refractivity contribution in [2.75, 3.05) is 0 Å². The van der Waals surface area contributed by atoms with E-state index in [9.17, 15) is 9.59 Å². The second-order valence-electron chi connectivity index (χ2n) is 3.89. The maximum Gasteiger partial charge on any atom is 0.227 e. The van der Waals surface area contributed by atoms with Gasteiger partial charge in [0.15, 0.2) is 0 Å². The van der Waals surface area contributed by atoms with Crippen molar-refractivity contribution in [2.24, 2.45) is 7.05 Å². The Hall–Kier alpha value is -1.65. The first kappa shape index (κ1) is 9.89. The largest absolute Gasteiger partial charge is 0.296 e. The maximum atomic E-state index is 11.2. The lowest BCUT2D eigenvalue weighted by atomic mass is 9.90. The summed E-state index contributed by atoms with van der Waals surface area (Å²) >= 11 is 0. The number of aryl methyl sites for hydroxylation is 1. The summed E-state index contributed by atoms with van der Waals surface area (Å²) in [7, 11) is 1.85. The van der Waals surface area contributed by atoms with Gasteiger partial charge in [-0.05, 0) is 12.5 Å². The minimum absolute atomic E-state index is 0.0139. The number of hydrogen-bond acceptors (Lipinski definition) is 3. The average Bonchev–Trinajstić information content (AvgIpc) is 2.46. The summed E-state index contributed by atoms with van der Waals surface area (Å²) in [6, 6.07) is 0. The highest BCUT2D eigenvalue weighted by Gasteiger charge is 2.28. The van der Waals surface area contributed by atoms with Crippen molar-refractivity contribution in [3.8, 4) is 0 Å². The van der Waals surface area contributed by atoms with Gasteiger partial charge in [0, 0.05) is 31.5 Å². The SMILES string of the molecule is Cc1c(C2CC(=O)NC(=O)C2)cnn1C. The van der Waals surface area contributed by atoms with Crippen LogP contribution in [0.2, 0.25) is 0 Å². The van der Waals surface area contributed by atoms with Crippen LogP contribution >= 0.6 is 0 Å². The predicted molar refractivity (Wildman–Crippen MR) is 53.1 cm³/mol. The van der Waals surface area contributed by atoms with Crippen LogP contribution in [0.3, 0.4) is 0 Å². The van der Waals surface area contributed by atoms with Crippen molar-refractivity contribution in [1.82, 2.24) is 15.1 Å². The quantitative estimate of drug-likeness (QED) is 0.671. The van der Waals surface area contributed by atoms with Gasteiger partial charge in [0.25, 0.3) is 0 Å². The van der Waals surface area contributed by atoms with Gasteiger partial charge in [-0.25, -0.2) is 0 Å². The molecule has 1 saturated heterocycles. The molecule has 0 saturated carbocycles. The molecule has 0 unspecified atom stereocenters. The number of amides is 2. The van der Waals surface area contributed by atoms with Crippen LogP contribution in [0.1, 0.15) is 30.0 Å². The van der Waals surface area contributed by atoms with E-state index < -0.39 is 0 Å². The fraction of sp³-hybridized carbons (Fsp3) is 0.500. The van der Waals surface area contributed by atoms with E-state index in [0.717, 1.165) is 11.3 Å².